The largest absolute Gasteiger partial charge is 0.369 e. The fourth-order valence-electron chi connectivity index (χ4n) is 2.11. The summed E-state index contributed by atoms with van der Waals surface area (Å²) < 4.78 is 0. The van der Waals surface area contributed by atoms with E-state index in [2.05, 4.69) is 40.9 Å². The zero-order valence-corrected chi connectivity index (χ0v) is 10.4. The lowest BCUT2D eigenvalue weighted by atomic mass is 9.98. The Morgan fingerprint density at radius 1 is 1.60 bits per heavy atom. The maximum Gasteiger partial charge on any atom is 0.0475 e. The highest BCUT2D eigenvalue weighted by atomic mass is 32.1. The van der Waals surface area contributed by atoms with Crippen LogP contribution >= 0.6 is 11.3 Å². The third kappa shape index (κ3) is 2.52. The van der Waals surface area contributed by atoms with Crippen LogP contribution in [0.5, 0.6) is 0 Å². The van der Waals surface area contributed by atoms with Crippen LogP contribution in [0.1, 0.15) is 26.7 Å². The summed E-state index contributed by atoms with van der Waals surface area (Å²) in [5.74, 6) is 0. The van der Waals surface area contributed by atoms with Gasteiger partial charge in [-0.05, 0) is 37.8 Å². The van der Waals surface area contributed by atoms with Crippen molar-refractivity contribution >= 4 is 17.0 Å². The summed E-state index contributed by atoms with van der Waals surface area (Å²) in [4.78, 5) is 2.51. The van der Waals surface area contributed by atoms with E-state index < -0.39 is 0 Å². The first-order chi connectivity index (χ1) is 7.23. The van der Waals surface area contributed by atoms with Crippen molar-refractivity contribution in [3.63, 3.8) is 0 Å². The fourth-order valence-corrected chi connectivity index (χ4v) is 2.77. The highest BCUT2D eigenvalue weighted by Gasteiger charge is 2.27. The number of nitrogens with zero attached hydrogens (tertiary/aromatic N) is 1. The number of hydrogen-bond acceptors (Lipinski definition) is 3. The molecule has 1 unspecified atom stereocenters. The van der Waals surface area contributed by atoms with Gasteiger partial charge < -0.3 is 10.2 Å². The van der Waals surface area contributed by atoms with Crippen molar-refractivity contribution in [2.24, 2.45) is 0 Å². The summed E-state index contributed by atoms with van der Waals surface area (Å²) in [6, 6.07) is 2.23. The molecular weight excluding hydrogens is 204 g/mol. The molecule has 1 N–H and O–H groups in total. The normalized spacial score (nSPS) is 27.7. The molecule has 0 amide bonds. The number of nitrogens with one attached hydrogen (secondary N) is 1. The molecule has 1 aromatic rings. The first-order valence-corrected chi connectivity index (χ1v) is 6.70. The van der Waals surface area contributed by atoms with E-state index in [9.17, 15) is 0 Å². The van der Waals surface area contributed by atoms with Crippen molar-refractivity contribution in [3.8, 4) is 0 Å². The molecular formula is C12H20N2S. The molecule has 0 radical (unpaired) electrons. The van der Waals surface area contributed by atoms with Crippen molar-refractivity contribution in [2.75, 3.05) is 24.5 Å². The first kappa shape index (κ1) is 11.0. The molecule has 0 bridgehead atoms. The standard InChI is InChI=1S/C12H20N2S/c1-3-12(2)10-14(7-4-6-13-12)11-5-8-15-9-11/h5,8-9,13H,3-4,6-7,10H2,1-2H3. The molecule has 0 aliphatic carbocycles. The van der Waals surface area contributed by atoms with E-state index in [1.807, 2.05) is 0 Å². The van der Waals surface area contributed by atoms with Crippen molar-refractivity contribution < 1.29 is 0 Å². The second-order valence-electron chi connectivity index (χ2n) is 4.60. The van der Waals surface area contributed by atoms with Gasteiger partial charge in [-0.2, -0.15) is 11.3 Å². The highest BCUT2D eigenvalue weighted by Crippen LogP contribution is 2.23. The minimum atomic E-state index is 0.276. The maximum absolute atomic E-state index is 3.66. The smallest absolute Gasteiger partial charge is 0.0475 e. The van der Waals surface area contributed by atoms with Gasteiger partial charge in [-0.1, -0.05) is 6.92 Å². The molecule has 1 aliphatic rings. The average Bonchev–Trinajstić information content (AvgIpc) is 2.69. The van der Waals surface area contributed by atoms with Gasteiger partial charge in [-0.15, -0.1) is 0 Å². The minimum absolute atomic E-state index is 0.276. The predicted molar refractivity (Wildman–Crippen MR) is 67.8 cm³/mol. The Kier molecular flexibility index (Phi) is 3.32. The Bertz CT molecular complexity index is 297. The summed E-state index contributed by atoms with van der Waals surface area (Å²) in [6.45, 7) is 8.05. The zero-order valence-electron chi connectivity index (χ0n) is 9.62. The van der Waals surface area contributed by atoms with Crippen molar-refractivity contribution in [1.29, 1.82) is 0 Å². The van der Waals surface area contributed by atoms with Crippen LogP contribution < -0.4 is 10.2 Å². The van der Waals surface area contributed by atoms with Crippen LogP contribution in [0.15, 0.2) is 16.8 Å². The molecule has 1 aliphatic heterocycles. The molecule has 2 heterocycles. The molecule has 15 heavy (non-hydrogen) atoms. The van der Waals surface area contributed by atoms with Gasteiger partial charge in [0.1, 0.15) is 0 Å². The van der Waals surface area contributed by atoms with Gasteiger partial charge in [0, 0.05) is 29.7 Å². The Labute approximate surface area is 96.3 Å². The Morgan fingerprint density at radius 2 is 2.47 bits per heavy atom. The predicted octanol–water partition coefficient (Wildman–Crippen LogP) is 2.72. The van der Waals surface area contributed by atoms with E-state index in [1.165, 1.54) is 25.1 Å². The van der Waals surface area contributed by atoms with Crippen LogP contribution in [0.2, 0.25) is 0 Å². The highest BCUT2D eigenvalue weighted by molar-refractivity contribution is 7.08. The van der Waals surface area contributed by atoms with E-state index in [-0.39, 0.29) is 5.54 Å². The van der Waals surface area contributed by atoms with Crippen LogP contribution in [-0.2, 0) is 0 Å². The summed E-state index contributed by atoms with van der Waals surface area (Å²) in [5.41, 5.74) is 1.67. The van der Waals surface area contributed by atoms with Crippen LogP contribution in [0.25, 0.3) is 0 Å². The van der Waals surface area contributed by atoms with Crippen LogP contribution in [0, 0.1) is 0 Å². The van der Waals surface area contributed by atoms with Crippen LogP contribution in [-0.4, -0.2) is 25.2 Å². The lowest BCUT2D eigenvalue weighted by molar-refractivity contribution is 0.366. The molecule has 3 heteroatoms. The molecule has 0 aromatic carbocycles. The number of thiophene rings is 1. The molecule has 0 spiro atoms. The van der Waals surface area contributed by atoms with E-state index in [4.69, 9.17) is 0 Å². The van der Waals surface area contributed by atoms with Crippen LogP contribution in [0.4, 0.5) is 5.69 Å². The Hall–Kier alpha value is -0.540. The van der Waals surface area contributed by atoms with Gasteiger partial charge in [-0.25, -0.2) is 0 Å². The molecule has 2 nitrogen and oxygen atoms in total. The fraction of sp³-hybridized carbons (Fsp3) is 0.667. The zero-order chi connectivity index (χ0) is 10.7. The Balaban J connectivity index is 2.12. The molecule has 1 saturated heterocycles. The van der Waals surface area contributed by atoms with E-state index >= 15 is 0 Å². The summed E-state index contributed by atoms with van der Waals surface area (Å²) in [7, 11) is 0. The number of hydrogen-bond donors (Lipinski definition) is 1. The van der Waals surface area contributed by atoms with Crippen molar-refractivity contribution in [3.05, 3.63) is 16.8 Å². The number of rotatable bonds is 2. The molecule has 1 atom stereocenters. The molecule has 84 valence electrons. The lowest BCUT2D eigenvalue weighted by Crippen LogP contribution is -2.48. The summed E-state index contributed by atoms with van der Waals surface area (Å²) in [6.07, 6.45) is 2.43. The van der Waals surface area contributed by atoms with Crippen molar-refractivity contribution in [1.82, 2.24) is 5.32 Å². The SMILES string of the molecule is CCC1(C)CN(c2ccsc2)CCCN1. The summed E-state index contributed by atoms with van der Waals surface area (Å²) in [5, 5.41) is 8.08. The van der Waals surface area contributed by atoms with E-state index in [1.54, 1.807) is 11.3 Å². The molecule has 0 saturated carbocycles. The number of anilines is 1. The van der Waals surface area contributed by atoms with Gasteiger partial charge in [0.15, 0.2) is 0 Å². The van der Waals surface area contributed by atoms with Crippen LogP contribution in [0.3, 0.4) is 0 Å². The molecule has 2 rings (SSSR count). The lowest BCUT2D eigenvalue weighted by Gasteiger charge is -2.33. The first-order valence-electron chi connectivity index (χ1n) is 5.76. The molecule has 1 aromatic heterocycles. The molecule has 1 fully saturated rings. The second kappa shape index (κ2) is 4.54. The summed E-state index contributed by atoms with van der Waals surface area (Å²) >= 11 is 1.79. The average molecular weight is 224 g/mol. The monoisotopic (exact) mass is 224 g/mol. The van der Waals surface area contributed by atoms with Gasteiger partial charge >= 0.3 is 0 Å². The third-order valence-electron chi connectivity index (χ3n) is 3.35. The van der Waals surface area contributed by atoms with Crippen molar-refractivity contribution in [2.45, 2.75) is 32.2 Å². The van der Waals surface area contributed by atoms with Gasteiger partial charge in [0.05, 0.1) is 0 Å². The van der Waals surface area contributed by atoms with Gasteiger partial charge in [-0.3, -0.25) is 0 Å². The second-order valence-corrected chi connectivity index (χ2v) is 5.38. The van der Waals surface area contributed by atoms with Gasteiger partial charge in [0.2, 0.25) is 0 Å². The quantitative estimate of drug-likeness (QED) is 0.831. The topological polar surface area (TPSA) is 15.3 Å². The maximum atomic E-state index is 3.66. The third-order valence-corrected chi connectivity index (χ3v) is 4.02. The van der Waals surface area contributed by atoms with Gasteiger partial charge in [0.25, 0.3) is 0 Å². The minimum Gasteiger partial charge on any atom is -0.369 e. The van der Waals surface area contributed by atoms with E-state index in [0.717, 1.165) is 13.1 Å². The Morgan fingerprint density at radius 3 is 3.13 bits per heavy atom. The van der Waals surface area contributed by atoms with E-state index in [0.29, 0.717) is 0 Å².